The standard InChI is InChI=1S/C13H14BrN3OS/c1-9(19-8-10-5-3-2-4-6-10)13(18)16-12-11(14)7-15-17-12/h2-7,9H,8H2,1H3,(H2,15,16,17,18). The molecule has 0 aliphatic heterocycles. The molecule has 2 aromatic rings. The van der Waals surface area contributed by atoms with Crippen LogP contribution in [-0.4, -0.2) is 21.4 Å². The number of carbonyl (C=O) groups excluding carboxylic acids is 1. The molecule has 0 aliphatic rings. The van der Waals surface area contributed by atoms with E-state index in [1.54, 1.807) is 18.0 Å². The Morgan fingerprint density at radius 3 is 2.84 bits per heavy atom. The average Bonchev–Trinajstić information content (AvgIpc) is 2.82. The predicted octanol–water partition coefficient (Wildman–Crippen LogP) is 3.43. The lowest BCUT2D eigenvalue weighted by molar-refractivity contribution is -0.115. The van der Waals surface area contributed by atoms with Gasteiger partial charge in [-0.2, -0.15) is 5.10 Å². The molecule has 1 unspecified atom stereocenters. The van der Waals surface area contributed by atoms with Crippen LogP contribution < -0.4 is 5.32 Å². The Balaban J connectivity index is 1.84. The first-order valence-electron chi connectivity index (χ1n) is 5.82. The van der Waals surface area contributed by atoms with Gasteiger partial charge in [0, 0.05) is 5.75 Å². The zero-order chi connectivity index (χ0) is 13.7. The van der Waals surface area contributed by atoms with Gasteiger partial charge in [0.1, 0.15) is 5.82 Å². The number of halogens is 1. The van der Waals surface area contributed by atoms with Crippen molar-refractivity contribution in [2.45, 2.75) is 17.9 Å². The molecule has 0 bridgehead atoms. The summed E-state index contributed by atoms with van der Waals surface area (Å²) in [5.41, 5.74) is 1.22. The average molecular weight is 340 g/mol. The zero-order valence-electron chi connectivity index (χ0n) is 10.4. The topological polar surface area (TPSA) is 57.8 Å². The van der Waals surface area contributed by atoms with E-state index in [1.807, 2.05) is 25.1 Å². The van der Waals surface area contributed by atoms with Gasteiger partial charge in [-0.05, 0) is 28.4 Å². The van der Waals surface area contributed by atoms with Crippen LogP contribution in [0.2, 0.25) is 0 Å². The second-order valence-electron chi connectivity index (χ2n) is 4.02. The Morgan fingerprint density at radius 1 is 1.47 bits per heavy atom. The van der Waals surface area contributed by atoms with Crippen molar-refractivity contribution in [2.75, 3.05) is 5.32 Å². The maximum atomic E-state index is 12.0. The Bertz CT molecular complexity index is 544. The Morgan fingerprint density at radius 2 is 2.21 bits per heavy atom. The van der Waals surface area contributed by atoms with Crippen molar-refractivity contribution in [3.05, 3.63) is 46.6 Å². The monoisotopic (exact) mass is 339 g/mol. The van der Waals surface area contributed by atoms with E-state index in [0.717, 1.165) is 10.2 Å². The molecular formula is C13H14BrN3OS. The van der Waals surface area contributed by atoms with E-state index in [0.29, 0.717) is 5.82 Å². The van der Waals surface area contributed by atoms with E-state index in [-0.39, 0.29) is 11.2 Å². The lowest BCUT2D eigenvalue weighted by atomic mass is 10.2. The summed E-state index contributed by atoms with van der Waals surface area (Å²) in [5, 5.41) is 9.23. The maximum Gasteiger partial charge on any atom is 0.238 e. The first kappa shape index (κ1) is 14.1. The SMILES string of the molecule is CC(SCc1ccccc1)C(=O)Nc1[nH]ncc1Br. The van der Waals surface area contributed by atoms with Crippen molar-refractivity contribution >= 4 is 39.4 Å². The fourth-order valence-corrected chi connectivity index (χ4v) is 2.59. The first-order valence-corrected chi connectivity index (χ1v) is 7.66. The van der Waals surface area contributed by atoms with Crippen molar-refractivity contribution in [3.63, 3.8) is 0 Å². The number of aromatic nitrogens is 2. The molecule has 6 heteroatoms. The minimum absolute atomic E-state index is 0.0362. The molecule has 2 rings (SSSR count). The number of hydrogen-bond donors (Lipinski definition) is 2. The normalized spacial score (nSPS) is 12.1. The predicted molar refractivity (Wildman–Crippen MR) is 82.1 cm³/mol. The number of hydrogen-bond acceptors (Lipinski definition) is 3. The summed E-state index contributed by atoms with van der Waals surface area (Å²) in [6.45, 7) is 1.90. The third kappa shape index (κ3) is 4.11. The molecule has 1 aromatic carbocycles. The number of anilines is 1. The third-order valence-corrected chi connectivity index (χ3v) is 4.37. The van der Waals surface area contributed by atoms with Crippen LogP contribution in [0.3, 0.4) is 0 Å². The molecule has 0 spiro atoms. The Kier molecular flexibility index (Phi) is 5.04. The smallest absolute Gasteiger partial charge is 0.238 e. The van der Waals surface area contributed by atoms with Crippen molar-refractivity contribution in [1.82, 2.24) is 10.2 Å². The molecule has 1 heterocycles. The molecule has 4 nitrogen and oxygen atoms in total. The highest BCUT2D eigenvalue weighted by Gasteiger charge is 2.15. The highest BCUT2D eigenvalue weighted by Crippen LogP contribution is 2.21. The van der Waals surface area contributed by atoms with Crippen LogP contribution in [0, 0.1) is 0 Å². The van der Waals surface area contributed by atoms with E-state index in [4.69, 9.17) is 0 Å². The number of benzene rings is 1. The number of nitrogens with zero attached hydrogens (tertiary/aromatic N) is 1. The lowest BCUT2D eigenvalue weighted by Gasteiger charge is -2.11. The van der Waals surface area contributed by atoms with Gasteiger partial charge in [-0.3, -0.25) is 9.89 Å². The van der Waals surface area contributed by atoms with Gasteiger partial charge in [0.2, 0.25) is 5.91 Å². The lowest BCUT2D eigenvalue weighted by Crippen LogP contribution is -2.23. The van der Waals surface area contributed by atoms with Crippen LogP contribution in [-0.2, 0) is 10.5 Å². The Hall–Kier alpha value is -1.27. The molecular weight excluding hydrogens is 326 g/mol. The molecule has 0 radical (unpaired) electrons. The summed E-state index contributed by atoms with van der Waals surface area (Å²) in [4.78, 5) is 12.0. The van der Waals surface area contributed by atoms with Crippen molar-refractivity contribution in [3.8, 4) is 0 Å². The highest BCUT2D eigenvalue weighted by atomic mass is 79.9. The van der Waals surface area contributed by atoms with Crippen LogP contribution in [0.1, 0.15) is 12.5 Å². The van der Waals surface area contributed by atoms with Crippen molar-refractivity contribution in [1.29, 1.82) is 0 Å². The van der Waals surface area contributed by atoms with Crippen LogP contribution in [0.5, 0.6) is 0 Å². The number of rotatable bonds is 5. The molecule has 0 saturated heterocycles. The summed E-state index contributed by atoms with van der Waals surface area (Å²) in [6, 6.07) is 10.1. The van der Waals surface area contributed by atoms with E-state index in [9.17, 15) is 4.79 Å². The van der Waals surface area contributed by atoms with Gasteiger partial charge >= 0.3 is 0 Å². The molecule has 100 valence electrons. The van der Waals surface area contributed by atoms with Gasteiger partial charge in [-0.1, -0.05) is 30.3 Å². The molecule has 0 fully saturated rings. The van der Waals surface area contributed by atoms with E-state index in [1.165, 1.54) is 5.56 Å². The van der Waals surface area contributed by atoms with E-state index < -0.39 is 0 Å². The largest absolute Gasteiger partial charge is 0.309 e. The summed E-state index contributed by atoms with van der Waals surface area (Å²) in [5.74, 6) is 1.38. The summed E-state index contributed by atoms with van der Waals surface area (Å²) < 4.78 is 0.751. The number of carbonyl (C=O) groups is 1. The number of H-pyrrole nitrogens is 1. The fourth-order valence-electron chi connectivity index (χ4n) is 1.46. The van der Waals surface area contributed by atoms with Gasteiger partial charge in [-0.25, -0.2) is 0 Å². The first-order chi connectivity index (χ1) is 9.16. The van der Waals surface area contributed by atoms with E-state index >= 15 is 0 Å². The van der Waals surface area contributed by atoms with Gasteiger partial charge in [0.25, 0.3) is 0 Å². The fraction of sp³-hybridized carbons (Fsp3) is 0.231. The molecule has 19 heavy (non-hydrogen) atoms. The highest BCUT2D eigenvalue weighted by molar-refractivity contribution is 9.10. The minimum Gasteiger partial charge on any atom is -0.309 e. The second-order valence-corrected chi connectivity index (χ2v) is 6.20. The number of aromatic amines is 1. The molecule has 0 saturated carbocycles. The van der Waals surface area contributed by atoms with Crippen LogP contribution in [0.15, 0.2) is 41.0 Å². The van der Waals surface area contributed by atoms with Crippen molar-refractivity contribution < 1.29 is 4.79 Å². The number of thioether (sulfide) groups is 1. The molecule has 2 N–H and O–H groups in total. The van der Waals surface area contributed by atoms with Gasteiger partial charge in [0.05, 0.1) is 15.9 Å². The number of nitrogens with one attached hydrogen (secondary N) is 2. The van der Waals surface area contributed by atoms with E-state index in [2.05, 4.69) is 43.6 Å². The van der Waals surface area contributed by atoms with Crippen LogP contribution in [0.25, 0.3) is 0 Å². The second kappa shape index (κ2) is 6.77. The Labute approximate surface area is 124 Å². The quantitative estimate of drug-likeness (QED) is 0.877. The van der Waals surface area contributed by atoms with Gasteiger partial charge in [0.15, 0.2) is 0 Å². The summed E-state index contributed by atoms with van der Waals surface area (Å²) in [7, 11) is 0. The zero-order valence-corrected chi connectivity index (χ0v) is 12.8. The third-order valence-electron chi connectivity index (χ3n) is 2.55. The van der Waals surface area contributed by atoms with Crippen LogP contribution in [0.4, 0.5) is 5.82 Å². The minimum atomic E-state index is -0.129. The molecule has 1 amide bonds. The molecule has 0 aliphatic carbocycles. The maximum absolute atomic E-state index is 12.0. The van der Waals surface area contributed by atoms with Crippen LogP contribution >= 0.6 is 27.7 Å². The summed E-state index contributed by atoms with van der Waals surface area (Å²) in [6.07, 6.45) is 1.61. The molecule has 1 atom stereocenters. The molecule has 1 aromatic heterocycles. The van der Waals surface area contributed by atoms with Crippen molar-refractivity contribution in [2.24, 2.45) is 0 Å². The van der Waals surface area contributed by atoms with Gasteiger partial charge < -0.3 is 5.32 Å². The van der Waals surface area contributed by atoms with Gasteiger partial charge in [-0.15, -0.1) is 11.8 Å². The number of amides is 1. The summed E-state index contributed by atoms with van der Waals surface area (Å²) >= 11 is 4.91.